The second kappa shape index (κ2) is 7.96. The van der Waals surface area contributed by atoms with Crippen molar-refractivity contribution in [1.82, 2.24) is 10.6 Å². The van der Waals surface area contributed by atoms with Gasteiger partial charge in [0.05, 0.1) is 18.8 Å². The molecule has 20 heavy (non-hydrogen) atoms. The molecule has 2 aliphatic rings. The summed E-state index contributed by atoms with van der Waals surface area (Å²) >= 11 is 0. The topological polar surface area (TPSA) is 81.6 Å². The summed E-state index contributed by atoms with van der Waals surface area (Å²) in [6.45, 7) is 0.715. The number of piperidine rings is 1. The van der Waals surface area contributed by atoms with E-state index in [-0.39, 0.29) is 25.1 Å². The van der Waals surface area contributed by atoms with Gasteiger partial charge >= 0.3 is 0 Å². The number of hydrogen-bond donors (Lipinski definition) is 4. The molecule has 4 N–H and O–H groups in total. The van der Waals surface area contributed by atoms with E-state index in [2.05, 4.69) is 10.6 Å². The highest BCUT2D eigenvalue weighted by molar-refractivity contribution is 5.81. The lowest BCUT2D eigenvalue weighted by Gasteiger charge is -2.36. The Kier molecular flexibility index (Phi) is 6.26. The molecule has 5 heteroatoms. The van der Waals surface area contributed by atoms with Crippen LogP contribution in [0.5, 0.6) is 0 Å². The zero-order valence-electron chi connectivity index (χ0n) is 12.2. The molecule has 0 aromatic carbocycles. The van der Waals surface area contributed by atoms with Crippen LogP contribution in [0.4, 0.5) is 0 Å². The van der Waals surface area contributed by atoms with Crippen molar-refractivity contribution in [2.24, 2.45) is 11.8 Å². The van der Waals surface area contributed by atoms with E-state index in [9.17, 15) is 9.90 Å². The van der Waals surface area contributed by atoms with E-state index in [1.54, 1.807) is 0 Å². The van der Waals surface area contributed by atoms with Gasteiger partial charge in [-0.3, -0.25) is 4.79 Å². The van der Waals surface area contributed by atoms with Crippen molar-refractivity contribution < 1.29 is 15.0 Å². The maximum absolute atomic E-state index is 12.1. The third-order valence-electron chi connectivity index (χ3n) is 4.80. The van der Waals surface area contributed by atoms with Crippen molar-refractivity contribution in [2.45, 2.75) is 57.1 Å². The standard InChI is InChI=1S/C15H28N2O3/c18-10-13(19)9-17-15(20)14-8-12(6-7-16-14)11-4-2-1-3-5-11/h11-14,16,18-19H,1-10H2,(H,17,20)/t12-,13+,14+/m1/s1. The van der Waals surface area contributed by atoms with Crippen LogP contribution in [0.1, 0.15) is 44.9 Å². The lowest BCUT2D eigenvalue weighted by atomic mass is 9.74. The maximum Gasteiger partial charge on any atom is 0.237 e. The highest BCUT2D eigenvalue weighted by atomic mass is 16.3. The first-order valence-corrected chi connectivity index (χ1v) is 8.00. The number of amides is 1. The minimum atomic E-state index is -0.864. The molecule has 3 atom stereocenters. The first-order valence-electron chi connectivity index (χ1n) is 8.00. The summed E-state index contributed by atoms with van der Waals surface area (Å²) in [5.74, 6) is 1.41. The first kappa shape index (κ1) is 15.7. The van der Waals surface area contributed by atoms with Gasteiger partial charge in [-0.1, -0.05) is 32.1 Å². The van der Waals surface area contributed by atoms with Crippen LogP contribution < -0.4 is 10.6 Å². The predicted octanol–water partition coefficient (Wildman–Crippen LogP) is 0.404. The summed E-state index contributed by atoms with van der Waals surface area (Å²) in [5.41, 5.74) is 0. The third kappa shape index (κ3) is 4.43. The molecule has 1 aliphatic heterocycles. The smallest absolute Gasteiger partial charge is 0.237 e. The summed E-state index contributed by atoms with van der Waals surface area (Å²) in [6.07, 6.45) is 7.91. The summed E-state index contributed by atoms with van der Waals surface area (Å²) in [7, 11) is 0. The van der Waals surface area contributed by atoms with Crippen LogP contribution in [0.15, 0.2) is 0 Å². The van der Waals surface area contributed by atoms with E-state index >= 15 is 0 Å². The molecule has 116 valence electrons. The van der Waals surface area contributed by atoms with Crippen LogP contribution in [0.25, 0.3) is 0 Å². The van der Waals surface area contributed by atoms with Crippen molar-refractivity contribution in [3.8, 4) is 0 Å². The Morgan fingerprint density at radius 2 is 1.95 bits per heavy atom. The second-order valence-electron chi connectivity index (χ2n) is 6.27. The predicted molar refractivity (Wildman–Crippen MR) is 77.2 cm³/mol. The van der Waals surface area contributed by atoms with Crippen molar-refractivity contribution >= 4 is 5.91 Å². The van der Waals surface area contributed by atoms with Gasteiger partial charge in [0.25, 0.3) is 0 Å². The van der Waals surface area contributed by atoms with Crippen LogP contribution >= 0.6 is 0 Å². The van der Waals surface area contributed by atoms with Gasteiger partial charge in [0.2, 0.25) is 5.91 Å². The van der Waals surface area contributed by atoms with Crippen molar-refractivity contribution in [3.05, 3.63) is 0 Å². The number of carbonyl (C=O) groups excluding carboxylic acids is 1. The average Bonchev–Trinajstić information content (AvgIpc) is 2.53. The van der Waals surface area contributed by atoms with E-state index < -0.39 is 6.10 Å². The Balaban J connectivity index is 1.78. The Labute approximate surface area is 121 Å². The minimum Gasteiger partial charge on any atom is -0.394 e. The minimum absolute atomic E-state index is 0.0435. The van der Waals surface area contributed by atoms with Crippen molar-refractivity contribution in [2.75, 3.05) is 19.7 Å². The number of aliphatic hydroxyl groups is 2. The largest absolute Gasteiger partial charge is 0.394 e. The first-order chi connectivity index (χ1) is 9.70. The highest BCUT2D eigenvalue weighted by Crippen LogP contribution is 2.35. The van der Waals surface area contributed by atoms with E-state index in [1.165, 1.54) is 38.5 Å². The second-order valence-corrected chi connectivity index (χ2v) is 6.27. The van der Waals surface area contributed by atoms with Gasteiger partial charge in [-0.15, -0.1) is 0 Å². The number of aliphatic hydroxyl groups excluding tert-OH is 2. The monoisotopic (exact) mass is 284 g/mol. The summed E-state index contributed by atoms with van der Waals surface area (Å²) in [6, 6.07) is -0.137. The fraction of sp³-hybridized carbons (Fsp3) is 0.933. The molecule has 2 rings (SSSR count). The summed E-state index contributed by atoms with van der Waals surface area (Å²) in [4.78, 5) is 12.1. The molecule has 1 saturated carbocycles. The molecular weight excluding hydrogens is 256 g/mol. The Hall–Kier alpha value is -0.650. The molecule has 1 aliphatic carbocycles. The lowest BCUT2D eigenvalue weighted by molar-refractivity contribution is -0.124. The lowest BCUT2D eigenvalue weighted by Crippen LogP contribution is -2.51. The van der Waals surface area contributed by atoms with Gasteiger partial charge in [-0.25, -0.2) is 0 Å². The van der Waals surface area contributed by atoms with Crippen LogP contribution in [-0.2, 0) is 4.79 Å². The molecule has 1 amide bonds. The number of hydrogen-bond acceptors (Lipinski definition) is 4. The van der Waals surface area contributed by atoms with Crippen molar-refractivity contribution in [3.63, 3.8) is 0 Å². The molecule has 0 radical (unpaired) electrons. The summed E-state index contributed by atoms with van der Waals surface area (Å²) in [5, 5.41) is 24.0. The maximum atomic E-state index is 12.1. The SMILES string of the molecule is O=C(NC[C@H](O)CO)[C@@H]1C[C@H](C2CCCCC2)CCN1. The Bertz CT molecular complexity index is 305. The van der Waals surface area contributed by atoms with E-state index in [4.69, 9.17) is 5.11 Å². The molecule has 2 fully saturated rings. The van der Waals surface area contributed by atoms with Crippen LogP contribution in [-0.4, -0.2) is 48.0 Å². The van der Waals surface area contributed by atoms with E-state index in [0.29, 0.717) is 5.92 Å². The molecule has 0 unspecified atom stereocenters. The fourth-order valence-electron chi connectivity index (χ4n) is 3.59. The van der Waals surface area contributed by atoms with Gasteiger partial charge in [-0.05, 0) is 31.2 Å². The van der Waals surface area contributed by atoms with Gasteiger partial charge in [0, 0.05) is 6.54 Å². The molecule has 0 aromatic rings. The Morgan fingerprint density at radius 3 is 2.65 bits per heavy atom. The Morgan fingerprint density at radius 1 is 1.20 bits per heavy atom. The number of rotatable bonds is 5. The van der Waals surface area contributed by atoms with Gasteiger partial charge < -0.3 is 20.8 Å². The zero-order valence-corrected chi connectivity index (χ0v) is 12.2. The number of nitrogens with one attached hydrogen (secondary N) is 2. The van der Waals surface area contributed by atoms with Crippen LogP contribution in [0.3, 0.4) is 0 Å². The average molecular weight is 284 g/mol. The molecule has 1 heterocycles. The molecule has 0 aromatic heterocycles. The molecular formula is C15H28N2O3. The molecule has 1 saturated heterocycles. The highest BCUT2D eigenvalue weighted by Gasteiger charge is 2.32. The molecule has 0 bridgehead atoms. The van der Waals surface area contributed by atoms with Gasteiger partial charge in [-0.2, -0.15) is 0 Å². The summed E-state index contributed by atoms with van der Waals surface area (Å²) < 4.78 is 0. The third-order valence-corrected chi connectivity index (χ3v) is 4.80. The van der Waals surface area contributed by atoms with E-state index in [1.807, 2.05) is 0 Å². The zero-order chi connectivity index (χ0) is 14.4. The van der Waals surface area contributed by atoms with E-state index in [0.717, 1.165) is 18.9 Å². The molecule has 0 spiro atoms. The van der Waals surface area contributed by atoms with Crippen LogP contribution in [0.2, 0.25) is 0 Å². The number of carbonyl (C=O) groups is 1. The quantitative estimate of drug-likeness (QED) is 0.589. The van der Waals surface area contributed by atoms with Gasteiger partial charge in [0.1, 0.15) is 0 Å². The van der Waals surface area contributed by atoms with Crippen molar-refractivity contribution in [1.29, 1.82) is 0 Å². The van der Waals surface area contributed by atoms with Gasteiger partial charge in [0.15, 0.2) is 0 Å². The normalized spacial score (nSPS) is 29.9. The molecule has 5 nitrogen and oxygen atoms in total. The fourth-order valence-corrected chi connectivity index (χ4v) is 3.59. The van der Waals surface area contributed by atoms with Crippen LogP contribution in [0, 0.1) is 11.8 Å².